The van der Waals surface area contributed by atoms with Gasteiger partial charge in [-0.2, -0.15) is 0 Å². The molecule has 1 aliphatic rings. The van der Waals surface area contributed by atoms with E-state index in [0.717, 1.165) is 25.0 Å². The van der Waals surface area contributed by atoms with Crippen molar-refractivity contribution in [1.29, 1.82) is 0 Å². The molecule has 1 N–H and O–H groups in total. The molecule has 2 rings (SSSR count). The quantitative estimate of drug-likeness (QED) is 0.866. The summed E-state index contributed by atoms with van der Waals surface area (Å²) < 4.78 is 11.3. The van der Waals surface area contributed by atoms with Crippen LogP contribution in [0.5, 0.6) is 0 Å². The first kappa shape index (κ1) is 15.4. The van der Waals surface area contributed by atoms with Crippen molar-refractivity contribution < 1.29 is 14.6 Å². The maximum Gasteiger partial charge on any atom is 0.0987 e. The topological polar surface area (TPSA) is 51.6 Å². The number of aryl methyl sites for hydroxylation is 1. The zero-order valence-corrected chi connectivity index (χ0v) is 12.5. The molecule has 1 atom stereocenters. The number of aliphatic hydroxyl groups excluding tert-OH is 1. The van der Waals surface area contributed by atoms with Crippen molar-refractivity contribution >= 4 is 0 Å². The van der Waals surface area contributed by atoms with Gasteiger partial charge in [-0.05, 0) is 25.0 Å². The Kier molecular flexibility index (Phi) is 5.52. The van der Waals surface area contributed by atoms with Gasteiger partial charge in [-0.1, -0.05) is 13.0 Å². The number of nitrogens with zero attached hydrogens (tertiary/aromatic N) is 1. The molecule has 0 amide bonds. The largest absolute Gasteiger partial charge is 0.390 e. The molecule has 2 heterocycles. The van der Waals surface area contributed by atoms with Gasteiger partial charge in [0.2, 0.25) is 0 Å². The Morgan fingerprint density at radius 1 is 1.35 bits per heavy atom. The van der Waals surface area contributed by atoms with Crippen LogP contribution in [0.25, 0.3) is 0 Å². The third-order valence-corrected chi connectivity index (χ3v) is 4.07. The van der Waals surface area contributed by atoms with Gasteiger partial charge in [0.15, 0.2) is 0 Å². The molecule has 0 spiro atoms. The van der Waals surface area contributed by atoms with E-state index in [1.807, 2.05) is 19.2 Å². The SMILES string of the molecule is CCOC1(C(O)Cc2ccc(CC)cn2)CCOCC1. The highest BCUT2D eigenvalue weighted by atomic mass is 16.5. The average molecular weight is 279 g/mol. The third-order valence-electron chi connectivity index (χ3n) is 4.07. The van der Waals surface area contributed by atoms with Crippen LogP contribution in [0.2, 0.25) is 0 Å². The molecule has 4 nitrogen and oxygen atoms in total. The van der Waals surface area contributed by atoms with Crippen molar-refractivity contribution in [2.45, 2.75) is 51.2 Å². The van der Waals surface area contributed by atoms with E-state index in [1.54, 1.807) is 0 Å². The predicted molar refractivity (Wildman–Crippen MR) is 77.7 cm³/mol. The van der Waals surface area contributed by atoms with Crippen molar-refractivity contribution in [3.63, 3.8) is 0 Å². The Morgan fingerprint density at radius 2 is 2.10 bits per heavy atom. The van der Waals surface area contributed by atoms with Crippen molar-refractivity contribution in [2.75, 3.05) is 19.8 Å². The standard InChI is InChI=1S/C16H25NO3/c1-3-13-5-6-14(17-12-13)11-15(18)16(20-4-2)7-9-19-10-8-16/h5-6,12,15,18H,3-4,7-11H2,1-2H3. The smallest absolute Gasteiger partial charge is 0.0987 e. The second-order valence-corrected chi connectivity index (χ2v) is 5.34. The summed E-state index contributed by atoms with van der Waals surface area (Å²) in [5.41, 5.74) is 1.66. The van der Waals surface area contributed by atoms with Crippen molar-refractivity contribution in [1.82, 2.24) is 4.98 Å². The number of pyridine rings is 1. The molecule has 0 radical (unpaired) electrons. The molecule has 4 heteroatoms. The van der Waals surface area contributed by atoms with E-state index in [0.29, 0.717) is 26.2 Å². The van der Waals surface area contributed by atoms with Gasteiger partial charge in [0.1, 0.15) is 0 Å². The molecule has 1 fully saturated rings. The highest BCUT2D eigenvalue weighted by Crippen LogP contribution is 2.30. The van der Waals surface area contributed by atoms with Crippen LogP contribution in [0.1, 0.15) is 37.9 Å². The van der Waals surface area contributed by atoms with Crippen LogP contribution in [0.4, 0.5) is 0 Å². The minimum absolute atomic E-state index is 0.474. The number of hydrogen-bond acceptors (Lipinski definition) is 4. The van der Waals surface area contributed by atoms with Crippen LogP contribution in [0, 0.1) is 0 Å². The Bertz CT molecular complexity index is 393. The number of aromatic nitrogens is 1. The summed E-state index contributed by atoms with van der Waals surface area (Å²) in [5.74, 6) is 0. The number of rotatable bonds is 6. The lowest BCUT2D eigenvalue weighted by atomic mass is 9.85. The van der Waals surface area contributed by atoms with E-state index in [9.17, 15) is 5.11 Å². The Labute approximate surface area is 121 Å². The van der Waals surface area contributed by atoms with E-state index >= 15 is 0 Å². The second kappa shape index (κ2) is 7.16. The lowest BCUT2D eigenvalue weighted by molar-refractivity contribution is -0.165. The summed E-state index contributed by atoms with van der Waals surface area (Å²) >= 11 is 0. The molecule has 1 saturated heterocycles. The van der Waals surface area contributed by atoms with E-state index in [2.05, 4.69) is 18.0 Å². The van der Waals surface area contributed by atoms with Crippen LogP contribution < -0.4 is 0 Å². The number of ether oxygens (including phenoxy) is 2. The third kappa shape index (κ3) is 3.57. The van der Waals surface area contributed by atoms with Gasteiger partial charge in [0.25, 0.3) is 0 Å². The summed E-state index contributed by atoms with van der Waals surface area (Å²) in [4.78, 5) is 4.43. The molecule has 0 saturated carbocycles. The van der Waals surface area contributed by atoms with Crippen molar-refractivity contribution in [3.05, 3.63) is 29.6 Å². The van der Waals surface area contributed by atoms with Crippen LogP contribution >= 0.6 is 0 Å². The van der Waals surface area contributed by atoms with Crippen LogP contribution in [0.15, 0.2) is 18.3 Å². The maximum atomic E-state index is 10.6. The fourth-order valence-electron chi connectivity index (χ4n) is 2.75. The maximum absolute atomic E-state index is 10.6. The molecule has 1 aromatic rings. The van der Waals surface area contributed by atoms with E-state index < -0.39 is 11.7 Å². The van der Waals surface area contributed by atoms with Gasteiger partial charge >= 0.3 is 0 Å². The van der Waals surface area contributed by atoms with Crippen LogP contribution in [-0.4, -0.2) is 41.6 Å². The molecular formula is C16H25NO3. The van der Waals surface area contributed by atoms with Gasteiger partial charge in [-0.3, -0.25) is 4.98 Å². The Morgan fingerprint density at radius 3 is 2.65 bits per heavy atom. The highest BCUT2D eigenvalue weighted by Gasteiger charge is 2.40. The van der Waals surface area contributed by atoms with Gasteiger partial charge in [-0.15, -0.1) is 0 Å². The molecule has 1 unspecified atom stereocenters. The second-order valence-electron chi connectivity index (χ2n) is 5.34. The monoisotopic (exact) mass is 279 g/mol. The first-order valence-electron chi connectivity index (χ1n) is 7.53. The summed E-state index contributed by atoms with van der Waals surface area (Å²) in [5, 5.41) is 10.6. The zero-order chi connectivity index (χ0) is 14.4. The van der Waals surface area contributed by atoms with E-state index in [1.165, 1.54) is 5.56 Å². The summed E-state index contributed by atoms with van der Waals surface area (Å²) in [7, 11) is 0. The number of aliphatic hydroxyl groups is 1. The van der Waals surface area contributed by atoms with Gasteiger partial charge in [0, 0.05) is 51.0 Å². The Balaban J connectivity index is 2.05. The van der Waals surface area contributed by atoms with Gasteiger partial charge < -0.3 is 14.6 Å². The molecule has 112 valence electrons. The minimum Gasteiger partial charge on any atom is -0.390 e. The fraction of sp³-hybridized carbons (Fsp3) is 0.688. The normalized spacial score (nSPS) is 19.8. The van der Waals surface area contributed by atoms with Gasteiger partial charge in [-0.25, -0.2) is 0 Å². The van der Waals surface area contributed by atoms with E-state index in [-0.39, 0.29) is 0 Å². The van der Waals surface area contributed by atoms with Crippen molar-refractivity contribution in [3.8, 4) is 0 Å². The first-order valence-corrected chi connectivity index (χ1v) is 7.53. The number of hydrogen-bond donors (Lipinski definition) is 1. The molecule has 1 aliphatic heterocycles. The van der Waals surface area contributed by atoms with Crippen molar-refractivity contribution in [2.24, 2.45) is 0 Å². The lowest BCUT2D eigenvalue weighted by Crippen LogP contribution is -2.50. The fourth-order valence-corrected chi connectivity index (χ4v) is 2.75. The molecule has 20 heavy (non-hydrogen) atoms. The Hall–Kier alpha value is -0.970. The zero-order valence-electron chi connectivity index (χ0n) is 12.5. The summed E-state index contributed by atoms with van der Waals surface area (Å²) in [6.07, 6.45) is 4.36. The van der Waals surface area contributed by atoms with Crippen LogP contribution in [0.3, 0.4) is 0 Å². The predicted octanol–water partition coefficient (Wildman–Crippen LogP) is 2.13. The molecule has 0 bridgehead atoms. The minimum atomic E-state index is -0.536. The van der Waals surface area contributed by atoms with Gasteiger partial charge in [0.05, 0.1) is 11.7 Å². The highest BCUT2D eigenvalue weighted by molar-refractivity contribution is 5.15. The summed E-state index contributed by atoms with van der Waals surface area (Å²) in [6.45, 7) is 5.99. The summed E-state index contributed by atoms with van der Waals surface area (Å²) in [6, 6.07) is 4.08. The average Bonchev–Trinajstić information content (AvgIpc) is 2.49. The van der Waals surface area contributed by atoms with Crippen LogP contribution in [-0.2, 0) is 22.3 Å². The van der Waals surface area contributed by atoms with E-state index in [4.69, 9.17) is 9.47 Å². The molecular weight excluding hydrogens is 254 g/mol. The lowest BCUT2D eigenvalue weighted by Gasteiger charge is -2.40. The molecule has 1 aromatic heterocycles. The first-order chi connectivity index (χ1) is 9.70. The molecule has 0 aromatic carbocycles. The molecule has 0 aliphatic carbocycles.